The Morgan fingerprint density at radius 3 is 2.31 bits per heavy atom. The molecule has 1 aromatic rings. The van der Waals surface area contributed by atoms with Crippen LogP contribution < -0.4 is 10.6 Å². The van der Waals surface area contributed by atoms with Crippen LogP contribution in [-0.4, -0.2) is 63.4 Å². The molecule has 1 heterocycles. The number of benzene rings is 1. The zero-order chi connectivity index (χ0) is 26.7. The van der Waals surface area contributed by atoms with Gasteiger partial charge in [-0.25, -0.2) is 4.79 Å². The minimum absolute atomic E-state index is 0.0456. The molecule has 2 rings (SSSR count). The van der Waals surface area contributed by atoms with E-state index in [1.165, 1.54) is 11.0 Å². The second-order valence-electron chi connectivity index (χ2n) is 11.0. The van der Waals surface area contributed by atoms with Crippen LogP contribution in [0.2, 0.25) is 0 Å². The highest BCUT2D eigenvalue weighted by molar-refractivity contribution is 5.92. The van der Waals surface area contributed by atoms with Crippen molar-refractivity contribution < 1.29 is 29.3 Å². The first-order valence-electron chi connectivity index (χ1n) is 11.6. The predicted octanol–water partition coefficient (Wildman–Crippen LogP) is 2.45. The Morgan fingerprint density at radius 1 is 1.17 bits per heavy atom. The van der Waals surface area contributed by atoms with Crippen molar-refractivity contribution in [2.24, 2.45) is 5.41 Å². The Balaban J connectivity index is 2.22. The van der Waals surface area contributed by atoms with Crippen LogP contribution in [0.15, 0.2) is 18.2 Å². The van der Waals surface area contributed by atoms with Crippen molar-refractivity contribution in [3.63, 3.8) is 0 Å². The van der Waals surface area contributed by atoms with Gasteiger partial charge in [-0.15, -0.1) is 6.42 Å². The first-order valence-corrected chi connectivity index (χ1v) is 11.6. The van der Waals surface area contributed by atoms with Crippen molar-refractivity contribution in [3.8, 4) is 18.1 Å². The van der Waals surface area contributed by atoms with Crippen LogP contribution in [-0.2, 0) is 14.3 Å². The topological polar surface area (TPSA) is 128 Å². The molecule has 4 atom stereocenters. The first kappa shape index (κ1) is 28.0. The van der Waals surface area contributed by atoms with E-state index >= 15 is 0 Å². The molecule has 9 heteroatoms. The summed E-state index contributed by atoms with van der Waals surface area (Å²) in [7, 11) is 0. The van der Waals surface area contributed by atoms with Gasteiger partial charge in [0, 0.05) is 24.1 Å². The summed E-state index contributed by atoms with van der Waals surface area (Å²) in [4.78, 5) is 40.4. The molecule has 9 nitrogen and oxygen atoms in total. The Bertz CT molecular complexity index is 1000. The van der Waals surface area contributed by atoms with E-state index in [2.05, 4.69) is 16.6 Å². The molecule has 35 heavy (non-hydrogen) atoms. The van der Waals surface area contributed by atoms with Crippen LogP contribution in [0.1, 0.15) is 72.1 Å². The molecule has 1 aromatic carbocycles. The van der Waals surface area contributed by atoms with Gasteiger partial charge in [0.1, 0.15) is 23.4 Å². The van der Waals surface area contributed by atoms with E-state index < -0.39 is 53.2 Å². The molecule has 1 aliphatic heterocycles. The Labute approximate surface area is 207 Å². The molecule has 1 saturated heterocycles. The summed E-state index contributed by atoms with van der Waals surface area (Å²) < 4.78 is 5.32. The monoisotopic (exact) mass is 487 g/mol. The molecule has 1 aliphatic rings. The summed E-state index contributed by atoms with van der Waals surface area (Å²) in [5.74, 6) is 1.41. The molecule has 0 aliphatic carbocycles. The van der Waals surface area contributed by atoms with Gasteiger partial charge >= 0.3 is 6.09 Å². The third-order valence-corrected chi connectivity index (χ3v) is 5.66. The van der Waals surface area contributed by atoms with Gasteiger partial charge in [-0.1, -0.05) is 32.8 Å². The zero-order valence-corrected chi connectivity index (χ0v) is 21.5. The quantitative estimate of drug-likeness (QED) is 0.473. The van der Waals surface area contributed by atoms with E-state index in [1.54, 1.807) is 60.6 Å². The minimum atomic E-state index is -0.990. The van der Waals surface area contributed by atoms with Gasteiger partial charge in [0.15, 0.2) is 0 Å². The molecule has 0 aromatic heterocycles. The largest absolute Gasteiger partial charge is 0.508 e. The summed E-state index contributed by atoms with van der Waals surface area (Å²) in [6, 6.07) is 2.20. The lowest BCUT2D eigenvalue weighted by molar-refractivity contribution is -0.142. The number of likely N-dealkylation sites (tertiary alicyclic amines) is 1. The normalized spacial score (nSPS) is 19.9. The number of aliphatic hydroxyl groups is 1. The minimum Gasteiger partial charge on any atom is -0.508 e. The third-order valence-electron chi connectivity index (χ3n) is 5.66. The second kappa shape index (κ2) is 10.6. The lowest BCUT2D eigenvalue weighted by Crippen LogP contribution is -2.58. The van der Waals surface area contributed by atoms with Crippen molar-refractivity contribution in [1.29, 1.82) is 0 Å². The Kier molecular flexibility index (Phi) is 8.45. The lowest BCUT2D eigenvalue weighted by atomic mass is 9.85. The summed E-state index contributed by atoms with van der Waals surface area (Å²) >= 11 is 0. The van der Waals surface area contributed by atoms with E-state index in [4.69, 9.17) is 11.2 Å². The van der Waals surface area contributed by atoms with E-state index in [-0.39, 0.29) is 18.7 Å². The Morgan fingerprint density at radius 2 is 1.80 bits per heavy atom. The number of carbonyl (C=O) groups is 3. The second-order valence-corrected chi connectivity index (χ2v) is 11.0. The highest BCUT2D eigenvalue weighted by atomic mass is 16.6. The SMILES string of the molecule is C#Cc1ccc([C@H](C)NC(=O)[C@@H]2C[C@@H](O)CN2C(=O)[C@@H](NC(=O)OC(C)(C)C)C(C)(C)C)c(O)c1. The molecule has 0 spiro atoms. The smallest absolute Gasteiger partial charge is 0.408 e. The molecule has 192 valence electrons. The van der Waals surface area contributed by atoms with Gasteiger partial charge in [-0.3, -0.25) is 9.59 Å². The summed E-state index contributed by atoms with van der Waals surface area (Å²) in [5, 5.41) is 26.0. The number of phenolic OH excluding ortho intramolecular Hbond substituents is 1. The Hall–Kier alpha value is -3.25. The van der Waals surface area contributed by atoms with Gasteiger partial charge < -0.3 is 30.5 Å². The fourth-order valence-electron chi connectivity index (χ4n) is 3.93. The van der Waals surface area contributed by atoms with Crippen molar-refractivity contribution in [2.45, 2.75) is 84.7 Å². The number of β-amino-alcohol motifs (C(OH)–C–C–N with tert-alkyl or cyclic N) is 1. The van der Waals surface area contributed by atoms with Crippen LogP contribution in [0.4, 0.5) is 4.79 Å². The van der Waals surface area contributed by atoms with Crippen molar-refractivity contribution in [1.82, 2.24) is 15.5 Å². The summed E-state index contributed by atoms with van der Waals surface area (Å²) in [6.45, 7) is 12.2. The van der Waals surface area contributed by atoms with E-state index in [9.17, 15) is 24.6 Å². The van der Waals surface area contributed by atoms with Crippen LogP contribution in [0.5, 0.6) is 5.75 Å². The number of carbonyl (C=O) groups excluding carboxylic acids is 3. The number of phenols is 1. The van der Waals surface area contributed by atoms with Crippen molar-refractivity contribution in [3.05, 3.63) is 29.3 Å². The van der Waals surface area contributed by atoms with Gasteiger partial charge in [0.05, 0.1) is 12.1 Å². The van der Waals surface area contributed by atoms with Gasteiger partial charge in [-0.05, 0) is 45.2 Å². The number of terminal acetylenes is 1. The van der Waals surface area contributed by atoms with E-state index in [0.29, 0.717) is 11.1 Å². The van der Waals surface area contributed by atoms with Crippen LogP contribution in [0.3, 0.4) is 0 Å². The zero-order valence-electron chi connectivity index (χ0n) is 21.5. The molecule has 3 amide bonds. The van der Waals surface area contributed by atoms with Gasteiger partial charge in [0.25, 0.3) is 0 Å². The highest BCUT2D eigenvalue weighted by Crippen LogP contribution is 2.28. The highest BCUT2D eigenvalue weighted by Gasteiger charge is 2.45. The van der Waals surface area contributed by atoms with Gasteiger partial charge in [0.2, 0.25) is 11.8 Å². The molecule has 0 bridgehead atoms. The summed E-state index contributed by atoms with van der Waals surface area (Å²) in [5.41, 5.74) is -0.471. The number of amides is 3. The van der Waals surface area contributed by atoms with Crippen molar-refractivity contribution in [2.75, 3.05) is 6.54 Å². The fraction of sp³-hybridized carbons (Fsp3) is 0.577. The maximum Gasteiger partial charge on any atom is 0.408 e. The number of ether oxygens (including phenoxy) is 1. The molecule has 0 unspecified atom stereocenters. The standard InChI is InChI=1S/C26H37N3O6/c1-9-16-10-11-18(20(31)12-16)15(2)27-22(32)19-13-17(30)14-29(19)23(33)21(25(3,4)5)28-24(34)35-26(6,7)8/h1,10-12,15,17,19,21,30-31H,13-14H2,2-8H3,(H,27,32)(H,28,34)/t15-,17+,19-,21+/m0/s1. The number of hydrogen-bond donors (Lipinski definition) is 4. The average molecular weight is 488 g/mol. The third kappa shape index (κ3) is 7.36. The fourth-order valence-corrected chi connectivity index (χ4v) is 3.93. The number of nitrogens with one attached hydrogen (secondary N) is 2. The maximum atomic E-state index is 13.5. The molecular weight excluding hydrogens is 450 g/mol. The number of hydrogen-bond acceptors (Lipinski definition) is 6. The number of aromatic hydroxyl groups is 1. The first-order chi connectivity index (χ1) is 16.0. The van der Waals surface area contributed by atoms with E-state index in [0.717, 1.165) is 0 Å². The molecule has 4 N–H and O–H groups in total. The lowest BCUT2D eigenvalue weighted by Gasteiger charge is -2.35. The number of alkyl carbamates (subject to hydrolysis) is 1. The van der Waals surface area contributed by atoms with Crippen molar-refractivity contribution >= 4 is 17.9 Å². The predicted molar refractivity (Wildman–Crippen MR) is 131 cm³/mol. The summed E-state index contributed by atoms with van der Waals surface area (Å²) in [6.07, 6.45) is 3.77. The van der Waals surface area contributed by atoms with Crippen LogP contribution >= 0.6 is 0 Å². The van der Waals surface area contributed by atoms with E-state index in [1.807, 2.05) is 0 Å². The molecule has 1 fully saturated rings. The number of aliphatic hydroxyl groups excluding tert-OH is 1. The number of rotatable bonds is 5. The average Bonchev–Trinajstić information content (AvgIpc) is 3.11. The molecule has 0 saturated carbocycles. The molecular formula is C26H37N3O6. The van der Waals surface area contributed by atoms with Crippen LogP contribution in [0, 0.1) is 17.8 Å². The van der Waals surface area contributed by atoms with Crippen LogP contribution in [0.25, 0.3) is 0 Å². The molecule has 0 radical (unpaired) electrons. The maximum absolute atomic E-state index is 13.5. The van der Waals surface area contributed by atoms with Gasteiger partial charge in [-0.2, -0.15) is 0 Å². The number of nitrogens with zero attached hydrogens (tertiary/aromatic N) is 1.